The lowest BCUT2D eigenvalue weighted by Gasteiger charge is -2.23. The van der Waals surface area contributed by atoms with E-state index in [-0.39, 0.29) is 25.2 Å². The number of carboxylic acid groups (broad SMARTS) is 1. The second-order valence-corrected chi connectivity index (χ2v) is 9.19. The van der Waals surface area contributed by atoms with E-state index in [1.165, 1.54) is 5.01 Å². The molecular formula is C25H23BrClN3O4. The number of carboxylic acids is 1. The van der Waals surface area contributed by atoms with Gasteiger partial charge in [-0.1, -0.05) is 39.7 Å². The van der Waals surface area contributed by atoms with E-state index in [4.69, 9.17) is 21.4 Å². The summed E-state index contributed by atoms with van der Waals surface area (Å²) in [5.41, 5.74) is 3.04. The first-order chi connectivity index (χ1) is 16.4. The van der Waals surface area contributed by atoms with Gasteiger partial charge in [-0.25, -0.2) is 9.99 Å². The zero-order chi connectivity index (χ0) is 24.2. The van der Waals surface area contributed by atoms with Gasteiger partial charge >= 0.3 is 5.97 Å². The summed E-state index contributed by atoms with van der Waals surface area (Å²) in [6.07, 6.45) is 0.704. The molecule has 0 radical (unpaired) electrons. The van der Waals surface area contributed by atoms with Gasteiger partial charge in [0.1, 0.15) is 10.9 Å². The van der Waals surface area contributed by atoms with Gasteiger partial charge in [-0.2, -0.15) is 5.10 Å². The van der Waals surface area contributed by atoms with Gasteiger partial charge in [0.2, 0.25) is 5.91 Å². The second-order valence-electron chi connectivity index (χ2n) is 7.92. The third-order valence-electron chi connectivity index (χ3n) is 5.54. The van der Waals surface area contributed by atoms with Crippen molar-refractivity contribution in [2.75, 3.05) is 6.61 Å². The van der Waals surface area contributed by atoms with Gasteiger partial charge in [0, 0.05) is 40.8 Å². The fourth-order valence-corrected chi connectivity index (χ4v) is 4.63. The number of aliphatic carboxylic acids is 1. The molecule has 0 fully saturated rings. The Balaban J connectivity index is 1.69. The van der Waals surface area contributed by atoms with Gasteiger partial charge in [0.05, 0.1) is 23.9 Å². The van der Waals surface area contributed by atoms with Gasteiger partial charge in [-0.15, -0.1) is 0 Å². The Kier molecular flexibility index (Phi) is 7.48. The molecule has 1 amide bonds. The highest BCUT2D eigenvalue weighted by atomic mass is 79.9. The van der Waals surface area contributed by atoms with Gasteiger partial charge < -0.3 is 9.84 Å². The summed E-state index contributed by atoms with van der Waals surface area (Å²) in [7, 11) is 0. The van der Waals surface area contributed by atoms with Crippen LogP contribution in [0.15, 0.2) is 58.1 Å². The minimum Gasteiger partial charge on any atom is -0.494 e. The van der Waals surface area contributed by atoms with Gasteiger partial charge in [0.25, 0.3) is 0 Å². The quantitative estimate of drug-likeness (QED) is 0.352. The van der Waals surface area contributed by atoms with Gasteiger partial charge in [-0.05, 0) is 49.2 Å². The molecule has 1 aromatic heterocycles. The first-order valence-corrected chi connectivity index (χ1v) is 12.1. The maximum Gasteiger partial charge on any atom is 0.303 e. The fraction of sp³-hybridized carbons (Fsp3) is 0.280. The molecule has 1 aliphatic rings. The van der Waals surface area contributed by atoms with E-state index in [1.807, 2.05) is 55.5 Å². The number of amides is 1. The number of aromatic nitrogens is 1. The Morgan fingerprint density at radius 3 is 2.76 bits per heavy atom. The minimum absolute atomic E-state index is 0.0765. The lowest BCUT2D eigenvalue weighted by molar-refractivity contribution is -0.137. The minimum atomic E-state index is -0.933. The molecule has 176 valence electrons. The van der Waals surface area contributed by atoms with Crippen LogP contribution < -0.4 is 4.74 Å². The van der Waals surface area contributed by atoms with Crippen molar-refractivity contribution in [1.82, 2.24) is 9.99 Å². The van der Waals surface area contributed by atoms with Crippen LogP contribution in [-0.2, 0) is 9.59 Å². The molecule has 2 aromatic carbocycles. The summed E-state index contributed by atoms with van der Waals surface area (Å²) < 4.78 is 6.47. The smallest absolute Gasteiger partial charge is 0.303 e. The Bertz CT molecular complexity index is 1280. The van der Waals surface area contributed by atoms with Crippen LogP contribution in [0, 0.1) is 0 Å². The molecule has 0 saturated heterocycles. The summed E-state index contributed by atoms with van der Waals surface area (Å²) in [5, 5.41) is 16.2. The van der Waals surface area contributed by atoms with Crippen LogP contribution >= 0.6 is 27.5 Å². The molecule has 2 heterocycles. The van der Waals surface area contributed by atoms with E-state index in [2.05, 4.69) is 26.0 Å². The number of hydrogen-bond donors (Lipinski definition) is 1. The summed E-state index contributed by atoms with van der Waals surface area (Å²) in [4.78, 5) is 28.5. The largest absolute Gasteiger partial charge is 0.494 e. The van der Waals surface area contributed by atoms with E-state index >= 15 is 0 Å². The van der Waals surface area contributed by atoms with Crippen LogP contribution in [0.1, 0.15) is 49.8 Å². The summed E-state index contributed by atoms with van der Waals surface area (Å²) >= 11 is 10.1. The standard InChI is InChI=1S/C25H23BrClN3O4/c1-2-34-18-10-9-16-12-19(25(27)28-20(16)13-18)22-14-21(15-5-3-6-17(26)11-15)29-30(22)23(31)7-4-8-24(32)33/h3,5-6,9-13,22H,2,4,7-8,14H2,1H3,(H,32,33)/t22-/m1/s1. The molecule has 1 N–H and O–H groups in total. The van der Waals surface area contributed by atoms with E-state index in [1.54, 1.807) is 0 Å². The first-order valence-electron chi connectivity index (χ1n) is 11.0. The number of carbonyl (C=O) groups excluding carboxylic acids is 1. The molecule has 1 aliphatic heterocycles. The SMILES string of the molecule is CCOc1ccc2cc([C@H]3CC(c4cccc(Br)c4)=NN3C(=O)CCCC(=O)O)c(Cl)nc2c1. The van der Waals surface area contributed by atoms with Crippen molar-refractivity contribution < 1.29 is 19.4 Å². The molecule has 0 saturated carbocycles. The number of nitrogens with zero attached hydrogens (tertiary/aromatic N) is 3. The summed E-state index contributed by atoms with van der Waals surface area (Å²) in [6.45, 7) is 2.47. The Morgan fingerprint density at radius 2 is 2.03 bits per heavy atom. The highest BCUT2D eigenvalue weighted by Gasteiger charge is 2.34. The van der Waals surface area contributed by atoms with Crippen LogP contribution in [0.2, 0.25) is 5.15 Å². The lowest BCUT2D eigenvalue weighted by atomic mass is 9.98. The Hall–Kier alpha value is -2.97. The number of hydrazone groups is 1. The molecule has 1 atom stereocenters. The van der Waals surface area contributed by atoms with Crippen molar-refractivity contribution in [2.24, 2.45) is 5.10 Å². The van der Waals surface area contributed by atoms with E-state index in [0.717, 1.165) is 21.1 Å². The number of carbonyl (C=O) groups is 2. The molecule has 0 aliphatic carbocycles. The molecule has 7 nitrogen and oxygen atoms in total. The Morgan fingerprint density at radius 1 is 1.21 bits per heavy atom. The number of fused-ring (bicyclic) bond motifs is 1. The number of ether oxygens (including phenoxy) is 1. The zero-order valence-corrected chi connectivity index (χ0v) is 20.8. The number of halogens is 2. The molecule has 3 aromatic rings. The predicted molar refractivity (Wildman–Crippen MR) is 134 cm³/mol. The van der Waals surface area contributed by atoms with Crippen LogP contribution in [0.4, 0.5) is 0 Å². The van der Waals surface area contributed by atoms with Crippen LogP contribution in [0.25, 0.3) is 10.9 Å². The molecule has 9 heteroatoms. The van der Waals surface area contributed by atoms with Gasteiger partial charge in [-0.3, -0.25) is 9.59 Å². The molecule has 4 rings (SSSR count). The zero-order valence-electron chi connectivity index (χ0n) is 18.5. The van der Waals surface area contributed by atoms with Crippen molar-refractivity contribution in [2.45, 2.75) is 38.6 Å². The molecule has 0 unspecified atom stereocenters. The van der Waals surface area contributed by atoms with Crippen molar-refractivity contribution in [3.63, 3.8) is 0 Å². The van der Waals surface area contributed by atoms with Crippen molar-refractivity contribution in [1.29, 1.82) is 0 Å². The highest BCUT2D eigenvalue weighted by molar-refractivity contribution is 9.10. The van der Waals surface area contributed by atoms with Crippen molar-refractivity contribution >= 4 is 56.0 Å². The number of hydrogen-bond acceptors (Lipinski definition) is 5. The van der Waals surface area contributed by atoms with E-state index in [9.17, 15) is 9.59 Å². The predicted octanol–water partition coefficient (Wildman–Crippen LogP) is 5.98. The third-order valence-corrected chi connectivity index (χ3v) is 6.34. The molecule has 0 spiro atoms. The van der Waals surface area contributed by atoms with Crippen molar-refractivity contribution in [3.8, 4) is 5.75 Å². The van der Waals surface area contributed by atoms with E-state index in [0.29, 0.717) is 35.0 Å². The maximum absolute atomic E-state index is 13.1. The van der Waals surface area contributed by atoms with Gasteiger partial charge in [0.15, 0.2) is 0 Å². The lowest BCUT2D eigenvalue weighted by Crippen LogP contribution is -2.27. The van der Waals surface area contributed by atoms with Crippen LogP contribution in [0.3, 0.4) is 0 Å². The normalized spacial score (nSPS) is 15.4. The number of benzene rings is 2. The average molecular weight is 545 g/mol. The third kappa shape index (κ3) is 5.39. The topological polar surface area (TPSA) is 92.1 Å². The molecule has 0 bridgehead atoms. The monoisotopic (exact) mass is 543 g/mol. The maximum atomic E-state index is 13.1. The number of rotatable bonds is 8. The first kappa shape index (κ1) is 24.2. The van der Waals surface area contributed by atoms with Crippen LogP contribution in [-0.4, -0.2) is 39.3 Å². The Labute approximate surface area is 210 Å². The molecule has 34 heavy (non-hydrogen) atoms. The van der Waals surface area contributed by atoms with Crippen molar-refractivity contribution in [3.05, 3.63) is 69.3 Å². The highest BCUT2D eigenvalue weighted by Crippen LogP contribution is 2.38. The van der Waals surface area contributed by atoms with E-state index < -0.39 is 12.0 Å². The molecular weight excluding hydrogens is 522 g/mol. The average Bonchev–Trinajstić information content (AvgIpc) is 3.24. The fourth-order valence-electron chi connectivity index (χ4n) is 3.96. The second kappa shape index (κ2) is 10.5. The van der Waals surface area contributed by atoms with Crippen LogP contribution in [0.5, 0.6) is 5.75 Å². The summed E-state index contributed by atoms with van der Waals surface area (Å²) in [5.74, 6) is -0.473. The number of pyridine rings is 1. The summed E-state index contributed by atoms with van der Waals surface area (Å²) in [6, 6.07) is 14.8.